The largest absolute Gasteiger partial charge is 0.481 e. The van der Waals surface area contributed by atoms with E-state index < -0.39 is 29.6 Å². The van der Waals surface area contributed by atoms with E-state index in [0.717, 1.165) is 11.0 Å². The van der Waals surface area contributed by atoms with Crippen LogP contribution < -0.4 is 0 Å². The van der Waals surface area contributed by atoms with Crippen molar-refractivity contribution in [2.45, 2.75) is 19.1 Å². The Morgan fingerprint density at radius 1 is 1.30 bits per heavy atom. The van der Waals surface area contributed by atoms with Crippen molar-refractivity contribution in [3.63, 3.8) is 0 Å². The van der Waals surface area contributed by atoms with Crippen LogP contribution in [0.25, 0.3) is 0 Å². The minimum Gasteiger partial charge on any atom is -0.481 e. The van der Waals surface area contributed by atoms with Gasteiger partial charge in [-0.3, -0.25) is 9.59 Å². The molecule has 0 aromatic heterocycles. The second-order valence-electron chi connectivity index (χ2n) is 5.05. The van der Waals surface area contributed by atoms with Crippen LogP contribution in [0.3, 0.4) is 0 Å². The molecule has 1 aromatic carbocycles. The van der Waals surface area contributed by atoms with Gasteiger partial charge in [-0.25, -0.2) is 8.78 Å². The molecule has 1 unspecified atom stereocenters. The normalized spacial score (nSPS) is 17.7. The van der Waals surface area contributed by atoms with Crippen molar-refractivity contribution < 1.29 is 33.0 Å². The number of benzene rings is 1. The Hall–Kier alpha value is -2.06. The van der Waals surface area contributed by atoms with Crippen LogP contribution in [-0.2, 0) is 25.6 Å². The summed E-state index contributed by atoms with van der Waals surface area (Å²) in [6.07, 6.45) is -1.18. The topological polar surface area (TPSA) is 76.1 Å². The number of carbonyl (C=O) groups is 2. The number of carbonyl (C=O) groups excluding carboxylic acids is 1. The average molecular weight is 329 g/mol. The quantitative estimate of drug-likeness (QED) is 0.848. The van der Waals surface area contributed by atoms with Gasteiger partial charge in [-0.2, -0.15) is 0 Å². The van der Waals surface area contributed by atoms with E-state index in [-0.39, 0.29) is 38.3 Å². The molecule has 1 N–H and O–H groups in total. The number of halogens is 2. The van der Waals surface area contributed by atoms with Gasteiger partial charge in [0.2, 0.25) is 0 Å². The van der Waals surface area contributed by atoms with E-state index >= 15 is 0 Å². The molecule has 0 bridgehead atoms. The zero-order valence-electron chi connectivity index (χ0n) is 12.3. The van der Waals surface area contributed by atoms with Crippen molar-refractivity contribution >= 4 is 11.9 Å². The first-order valence-corrected chi connectivity index (χ1v) is 7.12. The van der Waals surface area contributed by atoms with E-state index in [0.29, 0.717) is 6.61 Å². The number of rotatable bonds is 6. The highest BCUT2D eigenvalue weighted by molar-refractivity contribution is 5.81. The summed E-state index contributed by atoms with van der Waals surface area (Å²) in [5, 5.41) is 8.79. The lowest BCUT2D eigenvalue weighted by Gasteiger charge is -2.29. The van der Waals surface area contributed by atoms with Gasteiger partial charge in [-0.15, -0.1) is 0 Å². The van der Waals surface area contributed by atoms with Crippen molar-refractivity contribution in [2.24, 2.45) is 0 Å². The van der Waals surface area contributed by atoms with Crippen LogP contribution in [-0.4, -0.2) is 54.4 Å². The molecule has 126 valence electrons. The lowest BCUT2D eigenvalue weighted by molar-refractivity contribution is -0.159. The second kappa shape index (κ2) is 7.98. The maximum atomic E-state index is 13.8. The summed E-state index contributed by atoms with van der Waals surface area (Å²) >= 11 is 0. The van der Waals surface area contributed by atoms with Crippen molar-refractivity contribution in [3.8, 4) is 0 Å². The molecule has 6 nitrogen and oxygen atoms in total. The van der Waals surface area contributed by atoms with E-state index in [4.69, 9.17) is 14.6 Å². The highest BCUT2D eigenvalue weighted by Crippen LogP contribution is 2.16. The number of hydrogen-bond donors (Lipinski definition) is 1. The molecule has 1 amide bonds. The van der Waals surface area contributed by atoms with Gasteiger partial charge in [0.25, 0.3) is 5.91 Å². The third kappa shape index (κ3) is 4.70. The van der Waals surface area contributed by atoms with Crippen LogP contribution in [0, 0.1) is 11.6 Å². The predicted octanol–water partition coefficient (Wildman–Crippen LogP) is 1.18. The maximum Gasteiger partial charge on any atom is 0.305 e. The zero-order valence-corrected chi connectivity index (χ0v) is 12.3. The fourth-order valence-corrected chi connectivity index (χ4v) is 2.21. The number of hydrogen-bond acceptors (Lipinski definition) is 4. The minimum absolute atomic E-state index is 0.0273. The number of nitrogens with zero attached hydrogens (tertiary/aromatic N) is 1. The van der Waals surface area contributed by atoms with E-state index in [2.05, 4.69) is 0 Å². The molecule has 1 saturated heterocycles. The van der Waals surface area contributed by atoms with Gasteiger partial charge in [-0.1, -0.05) is 12.1 Å². The molecule has 1 atom stereocenters. The summed E-state index contributed by atoms with van der Waals surface area (Å²) in [4.78, 5) is 24.3. The van der Waals surface area contributed by atoms with E-state index in [1.165, 1.54) is 12.1 Å². The Balaban J connectivity index is 2.14. The molecule has 8 heteroatoms. The predicted molar refractivity (Wildman–Crippen MR) is 74.6 cm³/mol. The molecule has 1 heterocycles. The summed E-state index contributed by atoms with van der Waals surface area (Å²) in [5.41, 5.74) is -0.0273. The van der Waals surface area contributed by atoms with Crippen molar-refractivity contribution in [2.75, 3.05) is 26.4 Å². The van der Waals surface area contributed by atoms with Gasteiger partial charge in [0.1, 0.15) is 0 Å². The summed E-state index contributed by atoms with van der Waals surface area (Å²) in [5.74, 6) is -3.68. The Bertz CT molecular complexity index is 575. The van der Waals surface area contributed by atoms with Gasteiger partial charge >= 0.3 is 5.97 Å². The van der Waals surface area contributed by atoms with Crippen LogP contribution in [0.4, 0.5) is 8.78 Å². The lowest BCUT2D eigenvalue weighted by Crippen LogP contribution is -2.45. The first-order valence-electron chi connectivity index (χ1n) is 7.12. The molecule has 1 aromatic rings. The molecule has 0 spiro atoms. The number of carboxylic acid groups (broad SMARTS) is 1. The first kappa shape index (κ1) is 17.3. The van der Waals surface area contributed by atoms with Crippen molar-refractivity contribution in [1.82, 2.24) is 4.90 Å². The van der Waals surface area contributed by atoms with Gasteiger partial charge in [0, 0.05) is 18.7 Å². The highest BCUT2D eigenvalue weighted by Gasteiger charge is 2.28. The Morgan fingerprint density at radius 2 is 2.09 bits per heavy atom. The zero-order chi connectivity index (χ0) is 16.8. The number of amides is 1. The van der Waals surface area contributed by atoms with E-state index in [1.807, 2.05) is 0 Å². The summed E-state index contributed by atoms with van der Waals surface area (Å²) < 4.78 is 37.5. The average Bonchev–Trinajstić information content (AvgIpc) is 2.55. The Labute approximate surface area is 131 Å². The van der Waals surface area contributed by atoms with Crippen LogP contribution in [0.2, 0.25) is 0 Å². The molecule has 0 saturated carbocycles. The molecule has 1 fully saturated rings. The molecule has 0 aliphatic carbocycles. The third-order valence-electron chi connectivity index (χ3n) is 3.39. The summed E-state index contributed by atoms with van der Waals surface area (Å²) in [7, 11) is 0. The molecule has 1 aliphatic rings. The Kier molecular flexibility index (Phi) is 6.00. The molecule has 0 radical (unpaired) electrons. The molecular weight excluding hydrogens is 312 g/mol. The lowest BCUT2D eigenvalue weighted by atomic mass is 10.1. The monoisotopic (exact) mass is 329 g/mol. The van der Waals surface area contributed by atoms with E-state index in [1.54, 1.807) is 0 Å². The smallest absolute Gasteiger partial charge is 0.305 e. The fraction of sp³-hybridized carbons (Fsp3) is 0.467. The van der Waals surface area contributed by atoms with Crippen LogP contribution in [0.5, 0.6) is 0 Å². The number of carboxylic acids is 1. The van der Waals surface area contributed by atoms with Gasteiger partial charge in [0.15, 0.2) is 17.7 Å². The summed E-state index contributed by atoms with van der Waals surface area (Å²) in [6, 6.07) is 3.64. The SMILES string of the molecule is O=C(O)CCN(Cc1cccc(F)c1F)C(=O)C1COCCO1. The molecule has 1 aliphatic heterocycles. The fourth-order valence-electron chi connectivity index (χ4n) is 2.21. The first-order chi connectivity index (χ1) is 11.0. The molecule has 23 heavy (non-hydrogen) atoms. The molecule has 2 rings (SSSR count). The second-order valence-corrected chi connectivity index (χ2v) is 5.05. The van der Waals surface area contributed by atoms with Crippen molar-refractivity contribution in [1.29, 1.82) is 0 Å². The van der Waals surface area contributed by atoms with Gasteiger partial charge in [-0.05, 0) is 6.07 Å². The van der Waals surface area contributed by atoms with Crippen LogP contribution >= 0.6 is 0 Å². The van der Waals surface area contributed by atoms with Crippen LogP contribution in [0.1, 0.15) is 12.0 Å². The molecular formula is C15H17F2NO5. The van der Waals surface area contributed by atoms with Crippen LogP contribution in [0.15, 0.2) is 18.2 Å². The standard InChI is InChI=1S/C15H17F2NO5/c16-11-3-1-2-10(14(11)17)8-18(5-4-13(19)20)15(21)12-9-22-6-7-23-12/h1-3,12H,4-9H2,(H,19,20). The van der Waals surface area contributed by atoms with Gasteiger partial charge in [0.05, 0.1) is 26.2 Å². The highest BCUT2D eigenvalue weighted by atomic mass is 19.2. The number of ether oxygens (including phenoxy) is 2. The van der Waals surface area contributed by atoms with Gasteiger partial charge < -0.3 is 19.5 Å². The summed E-state index contributed by atoms with van der Waals surface area (Å²) in [6.45, 7) is 0.294. The Morgan fingerprint density at radius 3 is 2.74 bits per heavy atom. The number of aliphatic carboxylic acids is 1. The van der Waals surface area contributed by atoms with E-state index in [9.17, 15) is 18.4 Å². The minimum atomic E-state index is -1.09. The maximum absolute atomic E-state index is 13.8. The van der Waals surface area contributed by atoms with Crippen molar-refractivity contribution in [3.05, 3.63) is 35.4 Å². The third-order valence-corrected chi connectivity index (χ3v) is 3.39.